The molecule has 0 heterocycles. The molecule has 6 heteroatoms. The van der Waals surface area contributed by atoms with Gasteiger partial charge in [-0.2, -0.15) is 0 Å². The zero-order valence-corrected chi connectivity index (χ0v) is 10.5. The van der Waals surface area contributed by atoms with Crippen LogP contribution in [-0.2, 0) is 0 Å². The van der Waals surface area contributed by atoms with E-state index < -0.39 is 29.2 Å². The number of ketones is 2. The summed E-state index contributed by atoms with van der Waals surface area (Å²) in [5.74, 6) is -2.02. The lowest BCUT2D eigenvalue weighted by molar-refractivity contribution is 0.0973. The first-order chi connectivity index (χ1) is 10.0. The molecule has 6 nitrogen and oxygen atoms in total. The first-order valence-corrected chi connectivity index (χ1v) is 5.96. The maximum absolute atomic E-state index is 12.5. The summed E-state index contributed by atoms with van der Waals surface area (Å²) < 4.78 is 4.47. The van der Waals surface area contributed by atoms with Gasteiger partial charge in [0.15, 0.2) is 23.1 Å². The molecule has 0 spiro atoms. The number of carboxylic acid groups (broad SMARTS) is 1. The average Bonchev–Trinajstić information content (AvgIpc) is 2.46. The molecule has 0 bridgehead atoms. The van der Waals surface area contributed by atoms with Crippen LogP contribution in [0.5, 0.6) is 11.5 Å². The van der Waals surface area contributed by atoms with Crippen molar-refractivity contribution in [2.45, 2.75) is 0 Å². The van der Waals surface area contributed by atoms with Gasteiger partial charge < -0.3 is 14.9 Å². The van der Waals surface area contributed by atoms with Crippen LogP contribution in [0.3, 0.4) is 0 Å². The van der Waals surface area contributed by atoms with Crippen molar-refractivity contribution in [3.05, 3.63) is 58.7 Å². The van der Waals surface area contributed by atoms with Crippen molar-refractivity contribution in [2.75, 3.05) is 0 Å². The minimum absolute atomic E-state index is 0.00718. The number of carbonyl (C=O) groups excluding carboxylic acids is 2. The van der Waals surface area contributed by atoms with Gasteiger partial charge in [-0.25, -0.2) is 4.79 Å². The number of phenols is 1. The van der Waals surface area contributed by atoms with Gasteiger partial charge in [0.2, 0.25) is 0 Å². The molecule has 0 aliphatic heterocycles. The van der Waals surface area contributed by atoms with E-state index in [0.717, 1.165) is 6.07 Å². The monoisotopic (exact) mass is 284 g/mol. The lowest BCUT2D eigenvalue weighted by Crippen LogP contribution is -2.22. The van der Waals surface area contributed by atoms with Crippen molar-refractivity contribution in [2.24, 2.45) is 0 Å². The van der Waals surface area contributed by atoms with Crippen molar-refractivity contribution in [1.82, 2.24) is 0 Å². The second-order valence-corrected chi connectivity index (χ2v) is 4.41. The van der Waals surface area contributed by atoms with Crippen LogP contribution in [0.1, 0.15) is 31.8 Å². The number of fused-ring (bicyclic) bond motifs is 2. The lowest BCUT2D eigenvalue weighted by atomic mass is 9.83. The highest BCUT2D eigenvalue weighted by Crippen LogP contribution is 2.38. The highest BCUT2D eigenvalue weighted by Gasteiger charge is 2.34. The van der Waals surface area contributed by atoms with Gasteiger partial charge in [-0.15, -0.1) is 0 Å². The van der Waals surface area contributed by atoms with Gasteiger partial charge >= 0.3 is 6.16 Å². The molecule has 0 amide bonds. The molecular formula is C15H8O6. The number of hydrogen-bond donors (Lipinski definition) is 2. The molecular weight excluding hydrogens is 276 g/mol. The van der Waals surface area contributed by atoms with Crippen LogP contribution in [0.4, 0.5) is 4.79 Å². The predicted molar refractivity (Wildman–Crippen MR) is 70.1 cm³/mol. The van der Waals surface area contributed by atoms with E-state index in [2.05, 4.69) is 4.74 Å². The van der Waals surface area contributed by atoms with E-state index in [4.69, 9.17) is 5.11 Å². The number of phenolic OH excluding ortho intramolecular Hbond substituents is 1. The Morgan fingerprint density at radius 2 is 1.52 bits per heavy atom. The number of rotatable bonds is 1. The van der Waals surface area contributed by atoms with Gasteiger partial charge in [-0.05, 0) is 12.1 Å². The maximum Gasteiger partial charge on any atom is 0.511 e. The van der Waals surface area contributed by atoms with Crippen molar-refractivity contribution in [3.8, 4) is 11.5 Å². The van der Waals surface area contributed by atoms with Crippen LogP contribution in [0, 0.1) is 0 Å². The summed E-state index contributed by atoms with van der Waals surface area (Å²) in [7, 11) is 0. The Balaban J connectivity index is 2.30. The molecule has 2 aromatic carbocycles. The Morgan fingerprint density at radius 1 is 0.905 bits per heavy atom. The van der Waals surface area contributed by atoms with E-state index in [1.54, 1.807) is 12.1 Å². The van der Waals surface area contributed by atoms with Gasteiger partial charge in [0, 0.05) is 16.7 Å². The van der Waals surface area contributed by atoms with Gasteiger partial charge in [0.25, 0.3) is 0 Å². The third kappa shape index (κ3) is 1.85. The van der Waals surface area contributed by atoms with Crippen LogP contribution in [0.25, 0.3) is 0 Å². The summed E-state index contributed by atoms with van der Waals surface area (Å²) in [5, 5.41) is 18.4. The average molecular weight is 284 g/mol. The Labute approximate surface area is 118 Å². The number of benzene rings is 2. The standard InChI is InChI=1S/C15H8O6/c16-10-6-5-9-11(14(10)21-15(19)20)13(18)8-4-2-1-3-7(8)12(9)17/h1-6,16H,(H,19,20). The van der Waals surface area contributed by atoms with Gasteiger partial charge in [0.05, 0.1) is 5.56 Å². The van der Waals surface area contributed by atoms with E-state index >= 15 is 0 Å². The van der Waals surface area contributed by atoms with E-state index in [-0.39, 0.29) is 22.3 Å². The maximum atomic E-state index is 12.5. The van der Waals surface area contributed by atoms with E-state index in [1.165, 1.54) is 18.2 Å². The molecule has 1 aliphatic carbocycles. The smallest absolute Gasteiger partial charge is 0.504 e. The topological polar surface area (TPSA) is 101 Å². The minimum Gasteiger partial charge on any atom is -0.504 e. The Bertz CT molecular complexity index is 806. The summed E-state index contributed by atoms with van der Waals surface area (Å²) in [5.41, 5.74) is 0.159. The van der Waals surface area contributed by atoms with Crippen molar-refractivity contribution >= 4 is 17.7 Å². The molecule has 21 heavy (non-hydrogen) atoms. The fourth-order valence-electron chi connectivity index (χ4n) is 2.34. The summed E-state index contributed by atoms with van der Waals surface area (Å²) in [6.07, 6.45) is -1.68. The van der Waals surface area contributed by atoms with E-state index in [1.807, 2.05) is 0 Å². The molecule has 0 fully saturated rings. The largest absolute Gasteiger partial charge is 0.511 e. The summed E-state index contributed by atoms with van der Waals surface area (Å²) >= 11 is 0. The third-order valence-electron chi connectivity index (χ3n) is 3.21. The van der Waals surface area contributed by atoms with Gasteiger partial charge in [0.1, 0.15) is 0 Å². The summed E-state index contributed by atoms with van der Waals surface area (Å²) in [6, 6.07) is 8.60. The molecule has 0 atom stereocenters. The Morgan fingerprint density at radius 3 is 2.14 bits per heavy atom. The highest BCUT2D eigenvalue weighted by atomic mass is 16.7. The second-order valence-electron chi connectivity index (χ2n) is 4.41. The van der Waals surface area contributed by atoms with E-state index in [9.17, 15) is 19.5 Å². The molecule has 0 radical (unpaired) electrons. The quantitative estimate of drug-likeness (QED) is 0.525. The lowest BCUT2D eigenvalue weighted by Gasteiger charge is -2.19. The molecule has 2 aromatic rings. The number of ether oxygens (including phenoxy) is 1. The zero-order valence-electron chi connectivity index (χ0n) is 10.5. The Hall–Kier alpha value is -3.15. The number of aromatic hydroxyl groups is 1. The van der Waals surface area contributed by atoms with Crippen LogP contribution < -0.4 is 4.74 Å². The van der Waals surface area contributed by atoms with E-state index in [0.29, 0.717) is 0 Å². The molecule has 0 unspecified atom stereocenters. The normalized spacial score (nSPS) is 12.6. The fourth-order valence-corrected chi connectivity index (χ4v) is 2.34. The number of carbonyl (C=O) groups is 3. The van der Waals surface area contributed by atoms with Crippen LogP contribution in [-0.4, -0.2) is 27.9 Å². The molecule has 0 saturated carbocycles. The summed E-state index contributed by atoms with van der Waals surface area (Å²) in [4.78, 5) is 35.5. The van der Waals surface area contributed by atoms with Crippen LogP contribution in [0.2, 0.25) is 0 Å². The predicted octanol–water partition coefficient (Wildman–Crippen LogP) is 2.22. The minimum atomic E-state index is -1.68. The van der Waals surface area contributed by atoms with Crippen molar-refractivity contribution in [3.63, 3.8) is 0 Å². The molecule has 1 aliphatic rings. The molecule has 3 rings (SSSR count). The first kappa shape index (κ1) is 12.9. The molecule has 0 saturated heterocycles. The van der Waals surface area contributed by atoms with Crippen molar-refractivity contribution in [1.29, 1.82) is 0 Å². The summed E-state index contributed by atoms with van der Waals surface area (Å²) in [6.45, 7) is 0. The SMILES string of the molecule is O=C(O)Oc1c(O)ccc2c1C(=O)c1ccccc1C2=O. The fraction of sp³-hybridized carbons (Fsp3) is 0. The second kappa shape index (κ2) is 4.45. The molecule has 104 valence electrons. The van der Waals surface area contributed by atoms with Crippen LogP contribution >= 0.6 is 0 Å². The van der Waals surface area contributed by atoms with Gasteiger partial charge in [-0.3, -0.25) is 9.59 Å². The molecule has 2 N–H and O–H groups in total. The number of hydrogen-bond acceptors (Lipinski definition) is 5. The van der Waals surface area contributed by atoms with Crippen molar-refractivity contribution < 1.29 is 29.3 Å². The molecule has 0 aromatic heterocycles. The third-order valence-corrected chi connectivity index (χ3v) is 3.21. The highest BCUT2D eigenvalue weighted by molar-refractivity contribution is 6.29. The zero-order chi connectivity index (χ0) is 15.1. The van der Waals surface area contributed by atoms with Crippen LogP contribution in [0.15, 0.2) is 36.4 Å². The van der Waals surface area contributed by atoms with Gasteiger partial charge in [-0.1, -0.05) is 24.3 Å². The first-order valence-electron chi connectivity index (χ1n) is 5.96. The Kier molecular flexibility index (Phi) is 2.72.